The van der Waals surface area contributed by atoms with Crippen molar-refractivity contribution < 1.29 is 14.7 Å². The minimum atomic E-state index is -0.794. The van der Waals surface area contributed by atoms with Crippen molar-refractivity contribution in [2.45, 2.75) is 71.6 Å². The molecule has 4 nitrogen and oxygen atoms in total. The zero-order valence-corrected chi connectivity index (χ0v) is 12.4. The molecule has 0 aromatic rings. The fraction of sp³-hybridized carbons (Fsp3) is 0.867. The Morgan fingerprint density at radius 2 is 1.42 bits per heavy atom. The van der Waals surface area contributed by atoms with E-state index >= 15 is 0 Å². The minimum absolute atomic E-state index is 0.283. The number of carbonyl (C=O) groups is 2. The predicted octanol–water partition coefficient (Wildman–Crippen LogP) is 3.34. The Morgan fingerprint density at radius 1 is 0.947 bits per heavy atom. The molecule has 0 aromatic carbocycles. The molecule has 0 bridgehead atoms. The van der Waals surface area contributed by atoms with Crippen LogP contribution in [0.4, 0.5) is 0 Å². The highest BCUT2D eigenvalue weighted by molar-refractivity contribution is 5.78. The van der Waals surface area contributed by atoms with Gasteiger partial charge in [0.25, 0.3) is 0 Å². The van der Waals surface area contributed by atoms with Crippen LogP contribution in [-0.2, 0) is 9.59 Å². The molecule has 1 amide bonds. The molecule has 0 fully saturated rings. The second-order valence-corrected chi connectivity index (χ2v) is 5.36. The summed E-state index contributed by atoms with van der Waals surface area (Å²) in [5, 5.41) is 9.22. The number of primary amides is 1. The number of nitrogens with two attached hydrogens (primary N) is 1. The average molecular weight is 271 g/mol. The van der Waals surface area contributed by atoms with E-state index in [9.17, 15) is 14.7 Å². The first-order chi connectivity index (χ1) is 9.02. The quantitative estimate of drug-likeness (QED) is 0.534. The molecule has 0 saturated carbocycles. The van der Waals surface area contributed by atoms with Gasteiger partial charge in [-0.15, -0.1) is 0 Å². The molecule has 0 heterocycles. The van der Waals surface area contributed by atoms with Crippen LogP contribution in [0.5, 0.6) is 0 Å². The number of carboxylic acid groups (broad SMARTS) is 1. The van der Waals surface area contributed by atoms with Crippen LogP contribution in [0.25, 0.3) is 0 Å². The third-order valence-electron chi connectivity index (χ3n) is 3.63. The molecule has 0 aromatic heterocycles. The number of hydrogen-bond donors (Lipinski definition) is 2. The normalized spacial score (nSPS) is 14.0. The van der Waals surface area contributed by atoms with E-state index in [0.29, 0.717) is 12.8 Å². The van der Waals surface area contributed by atoms with E-state index in [-0.39, 0.29) is 11.8 Å². The van der Waals surface area contributed by atoms with Crippen molar-refractivity contribution in [2.75, 3.05) is 0 Å². The van der Waals surface area contributed by atoms with E-state index in [1.807, 2.05) is 0 Å². The highest BCUT2D eigenvalue weighted by atomic mass is 16.4. The lowest BCUT2D eigenvalue weighted by molar-refractivity contribution is -0.143. The second-order valence-electron chi connectivity index (χ2n) is 5.36. The van der Waals surface area contributed by atoms with E-state index in [1.165, 1.54) is 0 Å². The zero-order valence-electron chi connectivity index (χ0n) is 12.4. The van der Waals surface area contributed by atoms with Crippen LogP contribution in [0.2, 0.25) is 0 Å². The first-order valence-electron chi connectivity index (χ1n) is 7.55. The molecule has 0 rings (SSSR count). The molecule has 4 heteroatoms. The second kappa shape index (κ2) is 10.8. The summed E-state index contributed by atoms with van der Waals surface area (Å²) in [6.45, 7) is 4.19. The molecule has 3 N–H and O–H groups in total. The molecule has 0 aliphatic heterocycles. The van der Waals surface area contributed by atoms with Crippen LogP contribution in [0.1, 0.15) is 71.6 Å². The van der Waals surface area contributed by atoms with Crippen molar-refractivity contribution in [1.82, 2.24) is 0 Å². The van der Waals surface area contributed by atoms with E-state index in [4.69, 9.17) is 5.73 Å². The van der Waals surface area contributed by atoms with E-state index in [0.717, 1.165) is 44.9 Å². The standard InChI is InChI=1S/C15H29NO3/c1-3-5-7-9-12(14(16)17)11-13(15(18)19)10-8-6-4-2/h12-13H,3-11H2,1-2H3,(H2,16,17)(H,18,19)/t12-,13?/m0/s1. The van der Waals surface area contributed by atoms with Crippen LogP contribution in [-0.4, -0.2) is 17.0 Å². The van der Waals surface area contributed by atoms with Gasteiger partial charge in [-0.3, -0.25) is 9.59 Å². The summed E-state index contributed by atoms with van der Waals surface area (Å²) in [5.74, 6) is -1.85. The summed E-state index contributed by atoms with van der Waals surface area (Å²) < 4.78 is 0. The van der Waals surface area contributed by atoms with Gasteiger partial charge in [0.15, 0.2) is 0 Å². The van der Waals surface area contributed by atoms with Crippen molar-refractivity contribution in [3.05, 3.63) is 0 Å². The monoisotopic (exact) mass is 271 g/mol. The summed E-state index contributed by atoms with van der Waals surface area (Å²) in [6.07, 6.45) is 7.91. The Hall–Kier alpha value is -1.06. The smallest absolute Gasteiger partial charge is 0.306 e. The Kier molecular flexibility index (Phi) is 10.2. The number of carbonyl (C=O) groups excluding carboxylic acids is 1. The van der Waals surface area contributed by atoms with Gasteiger partial charge in [0.1, 0.15) is 0 Å². The molecule has 0 radical (unpaired) electrons. The van der Waals surface area contributed by atoms with Crippen molar-refractivity contribution in [3.8, 4) is 0 Å². The van der Waals surface area contributed by atoms with Crippen LogP contribution in [0, 0.1) is 11.8 Å². The highest BCUT2D eigenvalue weighted by Gasteiger charge is 2.25. The number of carboxylic acids is 1. The number of unbranched alkanes of at least 4 members (excludes halogenated alkanes) is 4. The predicted molar refractivity (Wildman–Crippen MR) is 76.7 cm³/mol. The molecule has 19 heavy (non-hydrogen) atoms. The molecule has 0 saturated heterocycles. The fourth-order valence-corrected chi connectivity index (χ4v) is 2.34. The zero-order chi connectivity index (χ0) is 14.7. The first-order valence-corrected chi connectivity index (χ1v) is 7.55. The third kappa shape index (κ3) is 8.62. The van der Waals surface area contributed by atoms with Gasteiger partial charge in [0.2, 0.25) is 5.91 Å². The lowest BCUT2D eigenvalue weighted by Crippen LogP contribution is -2.28. The largest absolute Gasteiger partial charge is 0.481 e. The van der Waals surface area contributed by atoms with E-state index in [1.54, 1.807) is 0 Å². The number of amides is 1. The lowest BCUT2D eigenvalue weighted by Gasteiger charge is -2.18. The highest BCUT2D eigenvalue weighted by Crippen LogP contribution is 2.23. The van der Waals surface area contributed by atoms with Gasteiger partial charge in [-0.2, -0.15) is 0 Å². The maximum atomic E-state index is 11.4. The van der Waals surface area contributed by atoms with Crippen LogP contribution in [0.3, 0.4) is 0 Å². The summed E-state index contributed by atoms with van der Waals surface area (Å²) in [5.41, 5.74) is 5.39. The van der Waals surface area contributed by atoms with Gasteiger partial charge in [-0.1, -0.05) is 52.4 Å². The number of hydrogen-bond acceptors (Lipinski definition) is 2. The van der Waals surface area contributed by atoms with Gasteiger partial charge >= 0.3 is 5.97 Å². The Balaban J connectivity index is 4.31. The van der Waals surface area contributed by atoms with Gasteiger partial charge in [-0.25, -0.2) is 0 Å². The van der Waals surface area contributed by atoms with Crippen LogP contribution >= 0.6 is 0 Å². The van der Waals surface area contributed by atoms with Gasteiger partial charge < -0.3 is 10.8 Å². The van der Waals surface area contributed by atoms with Crippen molar-refractivity contribution >= 4 is 11.9 Å². The SMILES string of the molecule is CCCCCC(C[C@H](CCCCC)C(N)=O)C(=O)O. The van der Waals surface area contributed by atoms with Gasteiger partial charge in [-0.05, 0) is 19.3 Å². The first kappa shape index (κ1) is 17.9. The van der Waals surface area contributed by atoms with Crippen LogP contribution < -0.4 is 5.73 Å². The maximum Gasteiger partial charge on any atom is 0.306 e. The number of aliphatic carboxylic acids is 1. The summed E-state index contributed by atoms with van der Waals surface area (Å²) >= 11 is 0. The van der Waals surface area contributed by atoms with Gasteiger partial charge in [0, 0.05) is 5.92 Å². The van der Waals surface area contributed by atoms with E-state index in [2.05, 4.69) is 13.8 Å². The fourth-order valence-electron chi connectivity index (χ4n) is 2.34. The van der Waals surface area contributed by atoms with Crippen molar-refractivity contribution in [2.24, 2.45) is 17.6 Å². The van der Waals surface area contributed by atoms with Crippen molar-refractivity contribution in [3.63, 3.8) is 0 Å². The number of rotatable bonds is 12. The topological polar surface area (TPSA) is 80.4 Å². The molecule has 2 atom stereocenters. The molecular formula is C15H29NO3. The lowest BCUT2D eigenvalue weighted by atomic mass is 9.87. The maximum absolute atomic E-state index is 11.4. The molecule has 0 aliphatic carbocycles. The molecule has 112 valence electrons. The summed E-state index contributed by atoms with van der Waals surface area (Å²) in [6, 6.07) is 0. The molecule has 1 unspecified atom stereocenters. The van der Waals surface area contributed by atoms with Gasteiger partial charge in [0.05, 0.1) is 5.92 Å². The minimum Gasteiger partial charge on any atom is -0.481 e. The summed E-state index contributed by atoms with van der Waals surface area (Å²) in [7, 11) is 0. The Labute approximate surface area is 116 Å². The van der Waals surface area contributed by atoms with Crippen molar-refractivity contribution in [1.29, 1.82) is 0 Å². The molecule has 0 aliphatic rings. The van der Waals surface area contributed by atoms with E-state index < -0.39 is 11.9 Å². The Bertz CT molecular complexity index is 240. The molecule has 0 spiro atoms. The third-order valence-corrected chi connectivity index (χ3v) is 3.63. The average Bonchev–Trinajstić information content (AvgIpc) is 2.35. The van der Waals surface area contributed by atoms with Crippen LogP contribution in [0.15, 0.2) is 0 Å². The Morgan fingerprint density at radius 3 is 1.79 bits per heavy atom. The summed E-state index contributed by atoms with van der Waals surface area (Å²) in [4.78, 5) is 22.6. The molecular weight excluding hydrogens is 242 g/mol.